The summed E-state index contributed by atoms with van der Waals surface area (Å²) >= 11 is 0. The summed E-state index contributed by atoms with van der Waals surface area (Å²) < 4.78 is 0.889. The lowest BCUT2D eigenvalue weighted by molar-refractivity contribution is -0.129. The third-order valence-corrected chi connectivity index (χ3v) is 3.02. The second-order valence-corrected chi connectivity index (χ2v) is 4.64. The number of carboxylic acids is 1. The highest BCUT2D eigenvalue weighted by atomic mass is 16.4. The van der Waals surface area contributed by atoms with Gasteiger partial charge in [0.1, 0.15) is 6.54 Å². The van der Waals surface area contributed by atoms with E-state index in [-0.39, 0.29) is 16.6 Å². The number of nitrogens with one attached hydrogen (secondary N) is 1. The summed E-state index contributed by atoms with van der Waals surface area (Å²) in [5, 5.41) is 9.21. The molecule has 0 aliphatic heterocycles. The second kappa shape index (κ2) is 5.23. The van der Waals surface area contributed by atoms with Crippen molar-refractivity contribution in [2.24, 2.45) is 0 Å². The molecule has 0 saturated carbocycles. The van der Waals surface area contributed by atoms with Crippen LogP contribution in [0.4, 0.5) is 0 Å². The topological polar surface area (TPSA) is 112 Å². The molecule has 2 rings (SSSR count). The standard InChI is InChI=1S/C13H13N3O5/c1-15(2)9(17)6-16-10-7(13(20)21)4-3-5-8(10)14-11(18)12(16)19/h3-5H,6H2,1-2H3,(H,14,18)(H,20,21). The zero-order valence-electron chi connectivity index (χ0n) is 11.4. The van der Waals surface area contributed by atoms with Crippen molar-refractivity contribution in [1.82, 2.24) is 14.5 Å². The average molecular weight is 291 g/mol. The van der Waals surface area contributed by atoms with Crippen LogP contribution in [0.3, 0.4) is 0 Å². The maximum Gasteiger partial charge on any atom is 0.337 e. The first kappa shape index (κ1) is 14.5. The van der Waals surface area contributed by atoms with E-state index in [0.29, 0.717) is 0 Å². The van der Waals surface area contributed by atoms with E-state index >= 15 is 0 Å². The summed E-state index contributed by atoms with van der Waals surface area (Å²) in [6.07, 6.45) is 0. The molecule has 0 aliphatic rings. The van der Waals surface area contributed by atoms with Crippen LogP contribution in [0.1, 0.15) is 10.4 Å². The third kappa shape index (κ3) is 2.55. The molecule has 0 unspecified atom stereocenters. The van der Waals surface area contributed by atoms with Gasteiger partial charge in [-0.25, -0.2) is 4.79 Å². The molecule has 1 aromatic heterocycles. The Kier molecular flexibility index (Phi) is 3.62. The average Bonchev–Trinajstić information content (AvgIpc) is 2.42. The largest absolute Gasteiger partial charge is 0.478 e. The SMILES string of the molecule is CN(C)C(=O)Cn1c(=O)c(=O)[nH]c2cccc(C(=O)O)c21. The van der Waals surface area contributed by atoms with Crippen molar-refractivity contribution >= 4 is 22.9 Å². The van der Waals surface area contributed by atoms with Crippen LogP contribution in [0.15, 0.2) is 27.8 Å². The molecular weight excluding hydrogens is 278 g/mol. The quantitative estimate of drug-likeness (QED) is 0.739. The number of fused-ring (bicyclic) bond motifs is 1. The van der Waals surface area contributed by atoms with Crippen LogP contribution < -0.4 is 11.1 Å². The Morgan fingerprint density at radius 3 is 2.52 bits per heavy atom. The van der Waals surface area contributed by atoms with Gasteiger partial charge in [0.25, 0.3) is 0 Å². The molecule has 8 nitrogen and oxygen atoms in total. The normalized spacial score (nSPS) is 10.6. The molecule has 0 radical (unpaired) electrons. The Labute approximate surface area is 118 Å². The Balaban J connectivity index is 2.86. The molecule has 1 heterocycles. The fourth-order valence-corrected chi connectivity index (χ4v) is 1.94. The first-order valence-corrected chi connectivity index (χ1v) is 6.02. The van der Waals surface area contributed by atoms with E-state index in [4.69, 9.17) is 0 Å². The predicted octanol–water partition coefficient (Wildman–Crippen LogP) is -0.524. The molecule has 0 atom stereocenters. The van der Waals surface area contributed by atoms with Gasteiger partial charge in [0.15, 0.2) is 0 Å². The van der Waals surface area contributed by atoms with Gasteiger partial charge < -0.3 is 15.0 Å². The number of hydrogen-bond donors (Lipinski definition) is 2. The summed E-state index contributed by atoms with van der Waals surface area (Å²) in [4.78, 5) is 50.3. The maximum absolute atomic E-state index is 12.0. The molecule has 1 aromatic carbocycles. The van der Waals surface area contributed by atoms with Crippen molar-refractivity contribution in [3.05, 3.63) is 44.5 Å². The molecular formula is C13H13N3O5. The molecule has 1 amide bonds. The van der Waals surface area contributed by atoms with E-state index in [9.17, 15) is 24.3 Å². The van der Waals surface area contributed by atoms with Crippen molar-refractivity contribution < 1.29 is 14.7 Å². The van der Waals surface area contributed by atoms with Gasteiger partial charge >= 0.3 is 17.1 Å². The first-order valence-electron chi connectivity index (χ1n) is 6.02. The fourth-order valence-electron chi connectivity index (χ4n) is 1.94. The lowest BCUT2D eigenvalue weighted by Crippen LogP contribution is -2.40. The van der Waals surface area contributed by atoms with E-state index in [1.54, 1.807) is 0 Å². The minimum absolute atomic E-state index is 0.0183. The summed E-state index contributed by atoms with van der Waals surface area (Å²) in [5.41, 5.74) is -1.83. The van der Waals surface area contributed by atoms with Crippen LogP contribution in [0.2, 0.25) is 0 Å². The number of rotatable bonds is 3. The number of likely N-dealkylation sites (N-methyl/N-ethyl adjacent to an activating group) is 1. The molecule has 110 valence electrons. The molecule has 2 aromatic rings. The Morgan fingerprint density at radius 1 is 1.29 bits per heavy atom. The van der Waals surface area contributed by atoms with Crippen molar-refractivity contribution in [3.8, 4) is 0 Å². The van der Waals surface area contributed by atoms with E-state index < -0.39 is 29.5 Å². The highest BCUT2D eigenvalue weighted by Gasteiger charge is 2.17. The van der Waals surface area contributed by atoms with E-state index in [0.717, 1.165) is 4.57 Å². The minimum atomic E-state index is -1.25. The minimum Gasteiger partial charge on any atom is -0.478 e. The number of amides is 1. The lowest BCUT2D eigenvalue weighted by Gasteiger charge is -2.14. The number of hydrogen-bond acceptors (Lipinski definition) is 4. The highest BCUT2D eigenvalue weighted by Crippen LogP contribution is 2.14. The van der Waals surface area contributed by atoms with Crippen LogP contribution in [0.25, 0.3) is 11.0 Å². The van der Waals surface area contributed by atoms with Crippen LogP contribution in [0, 0.1) is 0 Å². The van der Waals surface area contributed by atoms with Gasteiger partial charge in [-0.05, 0) is 12.1 Å². The van der Waals surface area contributed by atoms with Crippen LogP contribution in [-0.2, 0) is 11.3 Å². The molecule has 21 heavy (non-hydrogen) atoms. The van der Waals surface area contributed by atoms with Gasteiger partial charge in [-0.15, -0.1) is 0 Å². The van der Waals surface area contributed by atoms with Gasteiger partial charge in [-0.2, -0.15) is 0 Å². The van der Waals surface area contributed by atoms with E-state index in [2.05, 4.69) is 4.98 Å². The Morgan fingerprint density at radius 2 is 1.95 bits per heavy atom. The van der Waals surface area contributed by atoms with Gasteiger partial charge in [0.05, 0.1) is 16.6 Å². The number of aromatic amines is 1. The van der Waals surface area contributed by atoms with Gasteiger partial charge in [-0.1, -0.05) is 6.07 Å². The number of nitrogens with zero attached hydrogens (tertiary/aromatic N) is 2. The van der Waals surface area contributed by atoms with Crippen LogP contribution in [-0.4, -0.2) is 45.5 Å². The smallest absolute Gasteiger partial charge is 0.337 e. The lowest BCUT2D eigenvalue weighted by atomic mass is 10.1. The van der Waals surface area contributed by atoms with Crippen molar-refractivity contribution in [3.63, 3.8) is 0 Å². The Hall–Kier alpha value is -2.90. The highest BCUT2D eigenvalue weighted by molar-refractivity contribution is 6.01. The van der Waals surface area contributed by atoms with Crippen molar-refractivity contribution in [1.29, 1.82) is 0 Å². The van der Waals surface area contributed by atoms with Gasteiger partial charge in [-0.3, -0.25) is 19.0 Å². The number of para-hydroxylation sites is 1. The maximum atomic E-state index is 12.0. The number of H-pyrrole nitrogens is 1. The van der Waals surface area contributed by atoms with Crippen molar-refractivity contribution in [2.75, 3.05) is 14.1 Å². The van der Waals surface area contributed by atoms with Gasteiger partial charge in [0.2, 0.25) is 5.91 Å². The third-order valence-electron chi connectivity index (χ3n) is 3.02. The van der Waals surface area contributed by atoms with Crippen LogP contribution in [0.5, 0.6) is 0 Å². The molecule has 0 spiro atoms. The number of carbonyl (C=O) groups is 2. The number of benzene rings is 1. The molecule has 0 bridgehead atoms. The fraction of sp³-hybridized carbons (Fsp3) is 0.231. The first-order chi connectivity index (χ1) is 9.82. The second-order valence-electron chi connectivity index (χ2n) is 4.64. The Bertz CT molecular complexity index is 847. The number of aromatic nitrogens is 2. The van der Waals surface area contributed by atoms with Crippen LogP contribution >= 0.6 is 0 Å². The van der Waals surface area contributed by atoms with Crippen molar-refractivity contribution in [2.45, 2.75) is 6.54 Å². The monoisotopic (exact) mass is 291 g/mol. The molecule has 0 aliphatic carbocycles. The molecule has 8 heteroatoms. The molecule has 2 N–H and O–H groups in total. The zero-order valence-corrected chi connectivity index (χ0v) is 11.4. The summed E-state index contributed by atoms with van der Waals surface area (Å²) in [5.74, 6) is -1.68. The van der Waals surface area contributed by atoms with E-state index in [1.165, 1.54) is 37.2 Å². The number of carboxylic acid groups (broad SMARTS) is 1. The predicted molar refractivity (Wildman–Crippen MR) is 74.5 cm³/mol. The number of carbonyl (C=O) groups excluding carboxylic acids is 1. The van der Waals surface area contributed by atoms with Gasteiger partial charge in [0, 0.05) is 14.1 Å². The summed E-state index contributed by atoms with van der Waals surface area (Å²) in [6, 6.07) is 4.22. The summed E-state index contributed by atoms with van der Waals surface area (Å²) in [7, 11) is 3.00. The molecule has 0 fully saturated rings. The van der Waals surface area contributed by atoms with E-state index in [1.807, 2.05) is 0 Å². The molecule has 0 saturated heterocycles. The summed E-state index contributed by atoms with van der Waals surface area (Å²) in [6.45, 7) is -0.406. The zero-order chi connectivity index (χ0) is 15.7. The number of aromatic carboxylic acids is 1.